The number of rotatable bonds is 2. The van der Waals surface area contributed by atoms with E-state index in [-0.39, 0.29) is 16.0 Å². The molecule has 0 spiro atoms. The Kier molecular flexibility index (Phi) is 2.34. The summed E-state index contributed by atoms with van der Waals surface area (Å²) in [6.45, 7) is 0. The van der Waals surface area contributed by atoms with Gasteiger partial charge >= 0.3 is 0 Å². The van der Waals surface area contributed by atoms with Crippen LogP contribution in [0.5, 0.6) is 0 Å². The van der Waals surface area contributed by atoms with Crippen molar-refractivity contribution in [2.45, 2.75) is 49.6 Å². The zero-order valence-electron chi connectivity index (χ0n) is 11.3. The van der Waals surface area contributed by atoms with Gasteiger partial charge in [0.2, 0.25) is 0 Å². The van der Waals surface area contributed by atoms with Crippen LogP contribution in [0.4, 0.5) is 10.1 Å². The molecule has 2 atom stereocenters. The topological polar surface area (TPSA) is 43.1 Å². The van der Waals surface area contributed by atoms with E-state index < -0.39 is 5.67 Å². The number of nitro groups is 1. The molecule has 3 nitrogen and oxygen atoms in total. The van der Waals surface area contributed by atoms with Crippen molar-refractivity contribution < 1.29 is 9.31 Å². The SMILES string of the molecule is O=[N+]([O-])c1ccc(C23CC4CC(CC(F)(C4)C2)C3)cc1. The van der Waals surface area contributed by atoms with Crippen LogP contribution in [0.2, 0.25) is 0 Å². The molecule has 0 heterocycles. The highest BCUT2D eigenvalue weighted by molar-refractivity contribution is 5.38. The van der Waals surface area contributed by atoms with Crippen LogP contribution >= 0.6 is 0 Å². The zero-order valence-corrected chi connectivity index (χ0v) is 11.3. The molecule has 0 aromatic heterocycles. The second-order valence-corrected chi connectivity index (χ2v) is 7.20. The molecule has 1 aromatic carbocycles. The van der Waals surface area contributed by atoms with Crippen molar-refractivity contribution in [3.05, 3.63) is 39.9 Å². The van der Waals surface area contributed by atoms with E-state index in [1.807, 2.05) is 12.1 Å². The minimum Gasteiger partial charge on any atom is -0.258 e. The summed E-state index contributed by atoms with van der Waals surface area (Å²) >= 11 is 0. The molecule has 5 rings (SSSR count). The maximum Gasteiger partial charge on any atom is 0.269 e. The highest BCUT2D eigenvalue weighted by Crippen LogP contribution is 2.63. The van der Waals surface area contributed by atoms with E-state index in [2.05, 4.69) is 0 Å². The average molecular weight is 275 g/mol. The van der Waals surface area contributed by atoms with Crippen LogP contribution in [0.3, 0.4) is 0 Å². The molecule has 20 heavy (non-hydrogen) atoms. The lowest BCUT2D eigenvalue weighted by molar-refractivity contribution is -0.384. The molecule has 4 aliphatic carbocycles. The molecule has 4 bridgehead atoms. The molecule has 2 unspecified atom stereocenters. The zero-order chi connectivity index (χ0) is 14.0. The van der Waals surface area contributed by atoms with E-state index in [0.717, 1.165) is 31.2 Å². The van der Waals surface area contributed by atoms with Crippen molar-refractivity contribution in [2.75, 3.05) is 0 Å². The Morgan fingerprint density at radius 2 is 1.70 bits per heavy atom. The Hall–Kier alpha value is -1.45. The van der Waals surface area contributed by atoms with Gasteiger partial charge in [-0.1, -0.05) is 12.1 Å². The summed E-state index contributed by atoms with van der Waals surface area (Å²) in [5.74, 6) is 1.02. The lowest BCUT2D eigenvalue weighted by Gasteiger charge is -2.59. The lowest BCUT2D eigenvalue weighted by atomic mass is 9.47. The third-order valence-corrected chi connectivity index (χ3v) is 5.68. The Labute approximate surface area is 117 Å². The number of non-ortho nitro benzene ring substituents is 1. The molecule has 0 radical (unpaired) electrons. The third-order valence-electron chi connectivity index (χ3n) is 5.68. The van der Waals surface area contributed by atoms with Gasteiger partial charge in [-0.25, -0.2) is 4.39 Å². The monoisotopic (exact) mass is 275 g/mol. The summed E-state index contributed by atoms with van der Waals surface area (Å²) in [5.41, 5.74) is 0.187. The summed E-state index contributed by atoms with van der Waals surface area (Å²) in [6.07, 6.45) is 5.39. The van der Waals surface area contributed by atoms with E-state index in [9.17, 15) is 14.5 Å². The smallest absolute Gasteiger partial charge is 0.258 e. The molecule has 4 fully saturated rings. The highest BCUT2D eigenvalue weighted by atomic mass is 19.1. The van der Waals surface area contributed by atoms with Crippen LogP contribution in [-0.4, -0.2) is 10.6 Å². The fraction of sp³-hybridized carbons (Fsp3) is 0.625. The first-order chi connectivity index (χ1) is 9.48. The fourth-order valence-electron chi connectivity index (χ4n) is 5.43. The van der Waals surface area contributed by atoms with E-state index in [0.29, 0.717) is 18.3 Å². The van der Waals surface area contributed by atoms with Gasteiger partial charge in [0.05, 0.1) is 4.92 Å². The van der Waals surface area contributed by atoms with Gasteiger partial charge in [-0.15, -0.1) is 0 Å². The number of hydrogen-bond acceptors (Lipinski definition) is 2. The molecule has 106 valence electrons. The van der Waals surface area contributed by atoms with Gasteiger partial charge in [0.25, 0.3) is 5.69 Å². The van der Waals surface area contributed by atoms with Gasteiger partial charge in [0.15, 0.2) is 0 Å². The molecular formula is C16H18FNO2. The first kappa shape index (κ1) is 12.3. The summed E-state index contributed by atoms with van der Waals surface area (Å²) < 4.78 is 14.9. The standard InChI is InChI=1S/C16H18FNO2/c17-16-8-11-5-12(9-16)7-15(6-11,10-16)13-1-3-14(4-2-13)18(19)20/h1-4,11-12H,5-10H2. The molecular weight excluding hydrogens is 257 g/mol. The predicted octanol–water partition coefficient (Wildman–Crippen LogP) is 4.15. The van der Waals surface area contributed by atoms with Gasteiger partial charge in [0, 0.05) is 12.1 Å². The molecule has 0 N–H and O–H groups in total. The van der Waals surface area contributed by atoms with Crippen LogP contribution in [0, 0.1) is 22.0 Å². The minimum absolute atomic E-state index is 0.0615. The van der Waals surface area contributed by atoms with Crippen molar-refractivity contribution in [3.8, 4) is 0 Å². The maximum atomic E-state index is 14.9. The number of nitro benzene ring substituents is 1. The highest BCUT2D eigenvalue weighted by Gasteiger charge is 2.58. The molecule has 0 aliphatic heterocycles. The van der Waals surface area contributed by atoms with Gasteiger partial charge in [0.1, 0.15) is 5.67 Å². The van der Waals surface area contributed by atoms with Gasteiger partial charge in [-0.2, -0.15) is 0 Å². The minimum atomic E-state index is -0.980. The van der Waals surface area contributed by atoms with Crippen molar-refractivity contribution in [1.82, 2.24) is 0 Å². The maximum absolute atomic E-state index is 14.9. The molecule has 0 saturated heterocycles. The first-order valence-corrected chi connectivity index (χ1v) is 7.42. The van der Waals surface area contributed by atoms with Crippen LogP contribution < -0.4 is 0 Å². The number of nitrogens with zero attached hydrogens (tertiary/aromatic N) is 1. The van der Waals surface area contributed by atoms with E-state index in [1.54, 1.807) is 12.1 Å². The Bertz CT molecular complexity index is 554. The number of halogens is 1. The lowest BCUT2D eigenvalue weighted by Crippen LogP contribution is -2.55. The summed E-state index contributed by atoms with van der Waals surface area (Å²) in [5, 5.41) is 10.8. The number of alkyl halides is 1. The van der Waals surface area contributed by atoms with Crippen LogP contribution in [0.15, 0.2) is 24.3 Å². The van der Waals surface area contributed by atoms with Crippen LogP contribution in [0.25, 0.3) is 0 Å². The molecule has 1 aromatic rings. The largest absolute Gasteiger partial charge is 0.269 e. The number of hydrogen-bond donors (Lipinski definition) is 0. The summed E-state index contributed by atoms with van der Waals surface area (Å²) in [7, 11) is 0. The van der Waals surface area contributed by atoms with E-state index in [4.69, 9.17) is 0 Å². The van der Waals surface area contributed by atoms with Crippen LogP contribution in [-0.2, 0) is 5.41 Å². The number of benzene rings is 1. The fourth-order valence-corrected chi connectivity index (χ4v) is 5.43. The van der Waals surface area contributed by atoms with Crippen LogP contribution in [0.1, 0.15) is 44.1 Å². The second kappa shape index (κ2) is 3.80. The van der Waals surface area contributed by atoms with Crippen molar-refractivity contribution in [2.24, 2.45) is 11.8 Å². The Morgan fingerprint density at radius 1 is 1.10 bits per heavy atom. The van der Waals surface area contributed by atoms with Gasteiger partial charge in [-0.05, 0) is 61.3 Å². The molecule has 4 heteroatoms. The predicted molar refractivity (Wildman–Crippen MR) is 73.3 cm³/mol. The second-order valence-electron chi connectivity index (χ2n) is 7.20. The quantitative estimate of drug-likeness (QED) is 0.601. The first-order valence-electron chi connectivity index (χ1n) is 7.42. The van der Waals surface area contributed by atoms with E-state index in [1.165, 1.54) is 6.42 Å². The van der Waals surface area contributed by atoms with Crippen molar-refractivity contribution in [3.63, 3.8) is 0 Å². The summed E-state index contributed by atoms with van der Waals surface area (Å²) in [6, 6.07) is 6.85. The summed E-state index contributed by atoms with van der Waals surface area (Å²) in [4.78, 5) is 10.4. The molecule has 4 saturated carbocycles. The molecule has 0 amide bonds. The molecule has 4 aliphatic rings. The normalized spacial score (nSPS) is 41.9. The van der Waals surface area contributed by atoms with Gasteiger partial charge < -0.3 is 0 Å². The average Bonchev–Trinajstić information content (AvgIpc) is 2.36. The van der Waals surface area contributed by atoms with Crippen molar-refractivity contribution in [1.29, 1.82) is 0 Å². The van der Waals surface area contributed by atoms with E-state index >= 15 is 0 Å². The Balaban J connectivity index is 1.72. The third kappa shape index (κ3) is 1.70. The van der Waals surface area contributed by atoms with Gasteiger partial charge in [-0.3, -0.25) is 10.1 Å². The van der Waals surface area contributed by atoms with Crippen molar-refractivity contribution >= 4 is 5.69 Å². The Morgan fingerprint density at radius 3 is 2.20 bits per heavy atom.